The zero-order valence-electron chi connectivity index (χ0n) is 25.3. The molecular weight excluding hydrogens is 677 g/mol. The Labute approximate surface area is 289 Å². The summed E-state index contributed by atoms with van der Waals surface area (Å²) in [6.45, 7) is 8.78. The summed E-state index contributed by atoms with van der Waals surface area (Å²) in [5, 5.41) is 9.94. The van der Waals surface area contributed by atoms with E-state index in [0.29, 0.717) is 0 Å². The van der Waals surface area contributed by atoms with Crippen LogP contribution in [0.25, 0.3) is 92.0 Å². The largest absolute Gasteiger partial charge is 0.234 e. The molecule has 6 heterocycles. The first-order valence-corrected chi connectivity index (χ1v) is 19.9. The summed E-state index contributed by atoms with van der Waals surface area (Å²) >= 11 is 11.1. The molecule has 0 amide bonds. The fourth-order valence-corrected chi connectivity index (χ4v) is 13.0. The van der Waals surface area contributed by atoms with Crippen molar-refractivity contribution in [2.24, 2.45) is 0 Å². The van der Waals surface area contributed by atoms with Gasteiger partial charge in [0.25, 0.3) is 0 Å². The van der Waals surface area contributed by atoms with Crippen LogP contribution in [0.5, 0.6) is 0 Å². The summed E-state index contributed by atoms with van der Waals surface area (Å²) < 4.78 is 2.54. The minimum absolute atomic E-state index is 1.10. The topological polar surface area (TPSA) is 25.8 Å². The van der Waals surface area contributed by atoms with Crippen LogP contribution in [0.1, 0.15) is 20.9 Å². The number of thiophene rings is 4. The molecule has 0 aliphatic rings. The van der Waals surface area contributed by atoms with Crippen molar-refractivity contribution < 1.29 is 0 Å². The number of aryl methyl sites for hydroxylation is 4. The maximum absolute atomic E-state index is 5.40. The van der Waals surface area contributed by atoms with Crippen molar-refractivity contribution in [3.05, 3.63) is 93.7 Å². The molecule has 0 spiro atoms. The van der Waals surface area contributed by atoms with Gasteiger partial charge in [-0.25, -0.2) is 9.97 Å². The second kappa shape index (κ2) is 10.0. The second-order valence-corrected chi connectivity index (χ2v) is 18.8. The Morgan fingerprint density at radius 2 is 0.761 bits per heavy atom. The zero-order chi connectivity index (χ0) is 30.8. The summed E-state index contributed by atoms with van der Waals surface area (Å²) in [6.07, 6.45) is 0. The third-order valence-electron chi connectivity index (χ3n) is 8.67. The van der Waals surface area contributed by atoms with Gasteiger partial charge in [0.2, 0.25) is 0 Å². The smallest absolute Gasteiger partial charge is 0.134 e. The SMILES string of the molecule is Cc1cc2c3nc(-c4ccc(-c5ccc(C)s5)s4)sc3c3cc(C)cc4c5nc(-c6ccc(-c7ccc(C)s7)s6)sc5c(c1)c2c43. The molecule has 6 aromatic heterocycles. The molecule has 0 unspecified atom stereocenters. The van der Waals surface area contributed by atoms with E-state index in [4.69, 9.17) is 9.97 Å². The van der Waals surface area contributed by atoms with Gasteiger partial charge < -0.3 is 0 Å². The van der Waals surface area contributed by atoms with Gasteiger partial charge in [0, 0.05) is 61.6 Å². The molecular formula is C38H24N2S6. The number of benzene rings is 4. The van der Waals surface area contributed by atoms with Crippen molar-refractivity contribution in [1.29, 1.82) is 0 Å². The van der Waals surface area contributed by atoms with E-state index in [2.05, 4.69) is 100 Å². The predicted molar refractivity (Wildman–Crippen MR) is 209 cm³/mol. The molecule has 8 heteroatoms. The maximum Gasteiger partial charge on any atom is 0.134 e. The summed E-state index contributed by atoms with van der Waals surface area (Å²) in [6, 6.07) is 27.3. The quantitative estimate of drug-likeness (QED) is 0.171. The highest BCUT2D eigenvalue weighted by molar-refractivity contribution is 7.29. The second-order valence-electron chi connectivity index (χ2n) is 12.0. The molecule has 10 rings (SSSR count). The Balaban J connectivity index is 1.23. The Hall–Kier alpha value is -3.50. The number of hydrogen-bond donors (Lipinski definition) is 0. The third kappa shape index (κ3) is 4.08. The van der Waals surface area contributed by atoms with Crippen molar-refractivity contribution in [3.63, 3.8) is 0 Å². The first-order valence-electron chi connectivity index (χ1n) is 15.0. The third-order valence-corrected chi connectivity index (χ3v) is 15.7. The Morgan fingerprint density at radius 1 is 0.391 bits per heavy atom. The average molecular weight is 701 g/mol. The molecule has 10 aromatic rings. The van der Waals surface area contributed by atoms with E-state index >= 15 is 0 Å². The summed E-state index contributed by atoms with van der Waals surface area (Å²) in [5.74, 6) is 0. The molecule has 0 N–H and O–H groups in total. The van der Waals surface area contributed by atoms with Crippen LogP contribution in [0.2, 0.25) is 0 Å². The van der Waals surface area contributed by atoms with Crippen LogP contribution in [-0.2, 0) is 0 Å². The van der Waals surface area contributed by atoms with Crippen LogP contribution < -0.4 is 0 Å². The van der Waals surface area contributed by atoms with E-state index in [9.17, 15) is 0 Å². The highest BCUT2D eigenvalue weighted by atomic mass is 32.1. The molecule has 0 fully saturated rings. The number of fused-ring (bicyclic) bond motifs is 6. The molecule has 0 saturated carbocycles. The van der Waals surface area contributed by atoms with Crippen molar-refractivity contribution in [1.82, 2.24) is 9.97 Å². The molecule has 0 aliphatic carbocycles. The van der Waals surface area contributed by atoms with Crippen molar-refractivity contribution in [2.45, 2.75) is 27.7 Å². The standard InChI is InChI=1S/C38H24N2S6/c1-17-13-21-31-23(15-17)35-34(40-38(45-35)30-12-10-28(44-30)26-8-6-20(4)42-26)22-14-18(2)16-24(32(22)31)36-33(21)39-37(46-36)29-11-9-27(43-29)25-7-5-19(3)41-25/h5-16H,1-4H3. The lowest BCUT2D eigenvalue weighted by Crippen LogP contribution is -1.90. The molecule has 0 aliphatic heterocycles. The van der Waals surface area contributed by atoms with Crippen LogP contribution in [0.3, 0.4) is 0 Å². The molecule has 0 saturated heterocycles. The van der Waals surface area contributed by atoms with Crippen LogP contribution in [0, 0.1) is 27.7 Å². The van der Waals surface area contributed by atoms with Crippen LogP contribution in [0.4, 0.5) is 0 Å². The normalized spacial score (nSPS) is 12.3. The lowest BCUT2D eigenvalue weighted by atomic mass is 9.90. The van der Waals surface area contributed by atoms with Gasteiger partial charge in [-0.05, 0) is 112 Å². The molecule has 0 bridgehead atoms. The van der Waals surface area contributed by atoms with Crippen LogP contribution in [0.15, 0.2) is 72.8 Å². The van der Waals surface area contributed by atoms with Crippen molar-refractivity contribution in [2.75, 3.05) is 0 Å². The van der Waals surface area contributed by atoms with Gasteiger partial charge in [-0.3, -0.25) is 0 Å². The highest BCUT2D eigenvalue weighted by Crippen LogP contribution is 2.51. The lowest BCUT2D eigenvalue weighted by molar-refractivity contribution is 1.49. The van der Waals surface area contributed by atoms with Crippen molar-refractivity contribution >= 4 is 121 Å². The first kappa shape index (κ1) is 27.6. The molecule has 0 radical (unpaired) electrons. The average Bonchev–Trinajstić information content (AvgIpc) is 3.87. The summed E-state index contributed by atoms with van der Waals surface area (Å²) in [5.41, 5.74) is 4.75. The van der Waals surface area contributed by atoms with Gasteiger partial charge in [-0.1, -0.05) is 0 Å². The maximum atomic E-state index is 5.40. The van der Waals surface area contributed by atoms with E-state index in [1.807, 2.05) is 68.0 Å². The fourth-order valence-electron chi connectivity index (χ4n) is 6.73. The van der Waals surface area contributed by atoms with Gasteiger partial charge in [0.15, 0.2) is 0 Å². The van der Waals surface area contributed by atoms with Gasteiger partial charge in [-0.2, -0.15) is 0 Å². The Morgan fingerprint density at radius 3 is 1.17 bits per heavy atom. The summed E-state index contributed by atoms with van der Waals surface area (Å²) in [7, 11) is 0. The number of nitrogens with zero attached hydrogens (tertiary/aromatic N) is 2. The minimum atomic E-state index is 1.10. The van der Waals surface area contributed by atoms with E-state index in [1.165, 1.54) is 91.9 Å². The van der Waals surface area contributed by atoms with Gasteiger partial charge in [-0.15, -0.1) is 68.0 Å². The predicted octanol–water partition coefficient (Wildman–Crippen LogP) is 14.0. The number of hydrogen-bond acceptors (Lipinski definition) is 8. The van der Waals surface area contributed by atoms with Gasteiger partial charge >= 0.3 is 0 Å². The monoisotopic (exact) mass is 700 g/mol. The first-order chi connectivity index (χ1) is 22.4. The lowest BCUT2D eigenvalue weighted by Gasteiger charge is -2.14. The minimum Gasteiger partial charge on any atom is -0.234 e. The van der Waals surface area contributed by atoms with E-state index in [1.54, 1.807) is 0 Å². The number of aromatic nitrogens is 2. The van der Waals surface area contributed by atoms with E-state index < -0.39 is 0 Å². The number of thiazole rings is 2. The van der Waals surface area contributed by atoms with Gasteiger partial charge in [0.05, 0.1) is 30.2 Å². The molecule has 4 aromatic carbocycles. The highest BCUT2D eigenvalue weighted by Gasteiger charge is 2.24. The van der Waals surface area contributed by atoms with E-state index in [-0.39, 0.29) is 0 Å². The zero-order valence-corrected chi connectivity index (χ0v) is 30.2. The molecule has 222 valence electrons. The van der Waals surface area contributed by atoms with Crippen LogP contribution >= 0.6 is 68.0 Å². The molecule has 0 atom stereocenters. The van der Waals surface area contributed by atoms with Crippen molar-refractivity contribution in [3.8, 4) is 39.3 Å². The fraction of sp³-hybridized carbons (Fsp3) is 0.105. The van der Waals surface area contributed by atoms with Gasteiger partial charge in [0.1, 0.15) is 10.0 Å². The van der Waals surface area contributed by atoms with Crippen LogP contribution in [-0.4, -0.2) is 9.97 Å². The Kier molecular flexibility index (Phi) is 6.00. The Bertz CT molecular complexity index is 2520. The molecule has 2 nitrogen and oxygen atoms in total. The van der Waals surface area contributed by atoms with E-state index in [0.717, 1.165) is 21.0 Å². The number of rotatable bonds is 4. The summed E-state index contributed by atoms with van der Waals surface area (Å²) in [4.78, 5) is 21.2. The molecule has 46 heavy (non-hydrogen) atoms.